The molecule has 0 radical (unpaired) electrons. The van der Waals surface area contributed by atoms with Crippen molar-refractivity contribution in [1.29, 1.82) is 0 Å². The molecule has 15 heteroatoms. The summed E-state index contributed by atoms with van der Waals surface area (Å²) in [6.45, 7) is 0. The molecule has 0 aliphatic rings. The number of fused-ring (bicyclic) bond motifs is 2. The van der Waals surface area contributed by atoms with Gasteiger partial charge in [-0.3, -0.25) is 19.2 Å². The van der Waals surface area contributed by atoms with Gasteiger partial charge in [-0.05, 0) is 35.0 Å². The first-order valence-corrected chi connectivity index (χ1v) is 13.5. The maximum atomic E-state index is 11.9. The molecule has 6 N–H and O–H groups in total. The van der Waals surface area contributed by atoms with Gasteiger partial charge >= 0.3 is 33.0 Å². The number of ketones is 2. The van der Waals surface area contributed by atoms with E-state index in [2.05, 4.69) is 0 Å². The summed E-state index contributed by atoms with van der Waals surface area (Å²) in [4.78, 5) is 45.9. The molecule has 2 aromatic heterocycles. The van der Waals surface area contributed by atoms with E-state index in [1.807, 2.05) is 12.1 Å². The van der Waals surface area contributed by atoms with Gasteiger partial charge in [0.2, 0.25) is 0 Å². The van der Waals surface area contributed by atoms with Crippen molar-refractivity contribution < 1.29 is 69.4 Å². The third kappa shape index (κ3) is 10.3. The van der Waals surface area contributed by atoms with Gasteiger partial charge in [0, 0.05) is 34.4 Å². The minimum Gasteiger partial charge on any atom is -0.693 e. The summed E-state index contributed by atoms with van der Waals surface area (Å²) < 4.78 is 22.7. The molecule has 0 saturated carbocycles. The molecule has 0 fully saturated rings. The molecule has 4 aromatic rings. The minimum absolute atomic E-state index is 0. The normalized spacial score (nSPS) is 9.77. The van der Waals surface area contributed by atoms with Crippen LogP contribution >= 0.6 is 22.7 Å². The standard InChI is InChI=1S/2C14H14O5S.2H2N.Pt/c2*1-18-10-5-8-6-13(9(15)3-4-14(16)17)20-12(8)7-11(10)19-2;;;/h2*5-7H,3-4H2,1-2H3,(H,16,17);2*1H2;/q;;2*-1;+2. The van der Waals surface area contributed by atoms with Crippen molar-refractivity contribution >= 4 is 66.4 Å². The number of hydrogen-bond donors (Lipinski definition) is 2. The minimum atomic E-state index is -0.970. The molecule has 0 aliphatic carbocycles. The molecule has 2 aromatic carbocycles. The SMILES string of the molecule is COc1cc2cc(C(=O)CCC(=O)O)sc2cc1OC.COc1cc2cc(C(=O)CCC(=O)O)sc2cc1OC.[NH2-].[NH2-].[Pt+2]. The van der Waals surface area contributed by atoms with E-state index in [1.165, 1.54) is 22.7 Å². The maximum Gasteiger partial charge on any atom is 2.00 e. The number of nitrogens with two attached hydrogens (primary N) is 2. The van der Waals surface area contributed by atoms with Crippen LogP contribution in [0.4, 0.5) is 0 Å². The van der Waals surface area contributed by atoms with Gasteiger partial charge in [-0.2, -0.15) is 0 Å². The molecule has 0 unspecified atom stereocenters. The summed E-state index contributed by atoms with van der Waals surface area (Å²) in [5.41, 5.74) is 0. The predicted octanol–water partition coefficient (Wildman–Crippen LogP) is 7.36. The first kappa shape index (κ1) is 39.4. The Kier molecular flexibility index (Phi) is 16.7. The van der Waals surface area contributed by atoms with Gasteiger partial charge in [0.05, 0.1) is 51.0 Å². The van der Waals surface area contributed by atoms with Gasteiger partial charge in [-0.15, -0.1) is 22.7 Å². The number of methoxy groups -OCH3 is 4. The van der Waals surface area contributed by atoms with Crippen LogP contribution in [0.3, 0.4) is 0 Å². The fourth-order valence-electron chi connectivity index (χ4n) is 3.69. The third-order valence-corrected chi connectivity index (χ3v) is 8.00. The zero-order chi connectivity index (χ0) is 29.4. The molecule has 0 atom stereocenters. The Morgan fingerprint density at radius 3 is 1.14 bits per heavy atom. The van der Waals surface area contributed by atoms with Crippen molar-refractivity contribution in [2.24, 2.45) is 0 Å². The first-order chi connectivity index (χ1) is 19.1. The number of carboxylic acid groups (broad SMARTS) is 2. The average molecular weight is 816 g/mol. The third-order valence-electron chi connectivity index (χ3n) is 5.73. The second kappa shape index (κ2) is 18.2. The van der Waals surface area contributed by atoms with Gasteiger partial charge in [0.15, 0.2) is 34.6 Å². The van der Waals surface area contributed by atoms with Gasteiger partial charge in [-0.25, -0.2) is 0 Å². The van der Waals surface area contributed by atoms with Crippen molar-refractivity contribution in [2.75, 3.05) is 28.4 Å². The summed E-state index contributed by atoms with van der Waals surface area (Å²) in [6.07, 6.45) is -0.285. The summed E-state index contributed by atoms with van der Waals surface area (Å²) in [5.74, 6) is 0.145. The number of aliphatic carboxylic acids is 2. The van der Waals surface area contributed by atoms with Crippen molar-refractivity contribution in [1.82, 2.24) is 0 Å². The molecule has 4 rings (SSSR count). The average Bonchev–Trinajstić information content (AvgIpc) is 3.56. The Labute approximate surface area is 270 Å². The topological polar surface area (TPSA) is 213 Å². The number of ether oxygens (including phenoxy) is 4. The van der Waals surface area contributed by atoms with Crippen molar-refractivity contribution in [2.45, 2.75) is 25.7 Å². The molecule has 43 heavy (non-hydrogen) atoms. The molecule has 0 spiro atoms. The summed E-state index contributed by atoms with van der Waals surface area (Å²) in [5, 5.41) is 19.0. The second-order valence-corrected chi connectivity index (χ2v) is 10.5. The van der Waals surface area contributed by atoms with Crippen LogP contribution in [0, 0.1) is 0 Å². The van der Waals surface area contributed by atoms with Gasteiger partial charge < -0.3 is 41.5 Å². The molecule has 0 saturated heterocycles. The Morgan fingerprint density at radius 1 is 0.558 bits per heavy atom. The van der Waals surface area contributed by atoms with E-state index < -0.39 is 11.9 Å². The zero-order valence-electron chi connectivity index (χ0n) is 23.7. The molecule has 0 amide bonds. The van der Waals surface area contributed by atoms with Crippen LogP contribution in [0.15, 0.2) is 36.4 Å². The van der Waals surface area contributed by atoms with Crippen LogP contribution in [0.25, 0.3) is 32.5 Å². The second-order valence-electron chi connectivity index (χ2n) is 8.35. The molecular weight excluding hydrogens is 784 g/mol. The van der Waals surface area contributed by atoms with Crippen LogP contribution in [0.1, 0.15) is 45.0 Å². The quantitative estimate of drug-likeness (QED) is 0.136. The van der Waals surface area contributed by atoms with Gasteiger partial charge in [0.25, 0.3) is 0 Å². The van der Waals surface area contributed by atoms with Gasteiger partial charge in [0.1, 0.15) is 0 Å². The van der Waals surface area contributed by atoms with E-state index in [-0.39, 0.29) is 70.6 Å². The van der Waals surface area contributed by atoms with Crippen molar-refractivity contribution in [3.8, 4) is 23.0 Å². The van der Waals surface area contributed by atoms with E-state index in [0.29, 0.717) is 32.8 Å². The Bertz CT molecular complexity index is 1370. The Morgan fingerprint density at radius 2 is 0.860 bits per heavy atom. The van der Waals surface area contributed by atoms with Gasteiger partial charge in [-0.1, -0.05) is 0 Å². The maximum absolute atomic E-state index is 11.9. The monoisotopic (exact) mass is 815 g/mol. The first-order valence-electron chi connectivity index (χ1n) is 11.9. The van der Waals surface area contributed by atoms with Crippen LogP contribution in [0.2, 0.25) is 0 Å². The smallest absolute Gasteiger partial charge is 0.693 e. The molecular formula is C28H32N2O10PtS2. The van der Waals surface area contributed by atoms with Crippen LogP contribution < -0.4 is 18.9 Å². The summed E-state index contributed by atoms with van der Waals surface area (Å²) in [7, 11) is 6.20. The largest absolute Gasteiger partial charge is 2.00 e. The van der Waals surface area contributed by atoms with E-state index in [0.717, 1.165) is 20.2 Å². The van der Waals surface area contributed by atoms with Crippen molar-refractivity contribution in [3.05, 3.63) is 58.5 Å². The molecule has 2 heterocycles. The number of carboxylic acids is 2. The van der Waals surface area contributed by atoms with Crippen LogP contribution in [0.5, 0.6) is 23.0 Å². The summed E-state index contributed by atoms with van der Waals surface area (Å²) >= 11 is 2.66. The number of thiophene rings is 2. The fraction of sp³-hybridized carbons (Fsp3) is 0.286. The van der Waals surface area contributed by atoms with E-state index in [1.54, 1.807) is 52.7 Å². The molecule has 0 aliphatic heterocycles. The molecule has 0 bridgehead atoms. The number of hydrogen-bond acceptors (Lipinski definition) is 10. The number of carbonyl (C=O) groups is 4. The number of benzene rings is 2. The molecule has 12 nitrogen and oxygen atoms in total. The van der Waals surface area contributed by atoms with Crippen LogP contribution in [-0.2, 0) is 30.7 Å². The summed E-state index contributed by atoms with van der Waals surface area (Å²) in [6, 6.07) is 10.7. The predicted molar refractivity (Wildman–Crippen MR) is 163 cm³/mol. The number of rotatable bonds is 12. The van der Waals surface area contributed by atoms with E-state index >= 15 is 0 Å². The zero-order valence-corrected chi connectivity index (χ0v) is 27.6. The fourth-order valence-corrected chi connectivity index (χ4v) is 5.78. The Hall–Kier alpha value is -3.55. The van der Waals surface area contributed by atoms with Crippen LogP contribution in [-0.4, -0.2) is 62.2 Å². The molecule has 236 valence electrons. The van der Waals surface area contributed by atoms with Crippen molar-refractivity contribution in [3.63, 3.8) is 0 Å². The van der Waals surface area contributed by atoms with E-state index in [9.17, 15) is 19.2 Å². The Balaban J connectivity index is 0.000000767. The number of Topliss-reactive ketones (excluding diaryl/α,β-unsaturated/α-hetero) is 2. The van der Waals surface area contributed by atoms with E-state index in [4.69, 9.17) is 29.2 Å². The number of carbonyl (C=O) groups excluding carboxylic acids is 2.